The Kier molecular flexibility index (Phi) is 3.92. The maximum absolute atomic E-state index is 12.1. The highest BCUT2D eigenvalue weighted by atomic mass is 32.2. The van der Waals surface area contributed by atoms with E-state index in [1.54, 1.807) is 32.3 Å². The van der Waals surface area contributed by atoms with Crippen molar-refractivity contribution >= 4 is 9.84 Å². The summed E-state index contributed by atoms with van der Waals surface area (Å²) in [6.45, 7) is 1.87. The maximum atomic E-state index is 12.1. The van der Waals surface area contributed by atoms with Gasteiger partial charge in [0.2, 0.25) is 9.84 Å². The summed E-state index contributed by atoms with van der Waals surface area (Å²) in [5, 5.41) is 8.90. The fourth-order valence-corrected chi connectivity index (χ4v) is 2.46. The molecular weight excluding hydrogens is 236 g/mol. The highest BCUT2D eigenvalue weighted by Crippen LogP contribution is 2.19. The van der Waals surface area contributed by atoms with Gasteiger partial charge in [0.25, 0.3) is 0 Å². The predicted octanol–water partition coefficient (Wildman–Crippen LogP) is 1.70. The van der Waals surface area contributed by atoms with Crippen molar-refractivity contribution < 1.29 is 8.42 Å². The van der Waals surface area contributed by atoms with E-state index >= 15 is 0 Å². The molecule has 0 aliphatic carbocycles. The summed E-state index contributed by atoms with van der Waals surface area (Å²) in [6.07, 6.45) is 1.30. The molecule has 0 saturated carbocycles. The third-order valence-electron chi connectivity index (χ3n) is 2.11. The van der Waals surface area contributed by atoms with E-state index in [0.717, 1.165) is 5.56 Å². The Morgan fingerprint density at radius 2 is 1.82 bits per heavy atom. The molecule has 0 atom stereocenters. The van der Waals surface area contributed by atoms with Crippen molar-refractivity contribution in [1.29, 1.82) is 5.26 Å². The van der Waals surface area contributed by atoms with Crippen LogP contribution in [0, 0.1) is 18.3 Å². The van der Waals surface area contributed by atoms with Crippen LogP contribution in [0.2, 0.25) is 0 Å². The van der Waals surface area contributed by atoms with E-state index in [2.05, 4.69) is 0 Å². The first kappa shape index (κ1) is 13.3. The molecule has 0 aromatic heterocycles. The average Bonchev–Trinajstić information content (AvgIpc) is 2.26. The summed E-state index contributed by atoms with van der Waals surface area (Å²) >= 11 is 0. The summed E-state index contributed by atoms with van der Waals surface area (Å²) in [4.78, 5) is 1.41. The zero-order chi connectivity index (χ0) is 13.1. The second-order valence-corrected chi connectivity index (χ2v) is 5.80. The number of hydrogen-bond donors (Lipinski definition) is 0. The molecule has 5 heteroatoms. The number of benzene rings is 1. The van der Waals surface area contributed by atoms with Crippen LogP contribution in [0.5, 0.6) is 0 Å². The van der Waals surface area contributed by atoms with E-state index in [1.165, 1.54) is 23.2 Å². The molecule has 0 spiro atoms. The van der Waals surface area contributed by atoms with Crippen LogP contribution in [-0.4, -0.2) is 27.4 Å². The van der Waals surface area contributed by atoms with Crippen LogP contribution < -0.4 is 0 Å². The van der Waals surface area contributed by atoms with Gasteiger partial charge in [-0.2, -0.15) is 5.26 Å². The van der Waals surface area contributed by atoms with Gasteiger partial charge < -0.3 is 4.90 Å². The Bertz CT molecular complexity index is 564. The molecule has 0 amide bonds. The molecule has 0 fully saturated rings. The summed E-state index contributed by atoms with van der Waals surface area (Å²) in [5.41, 5.74) is 0.971. The Morgan fingerprint density at radius 1 is 1.29 bits per heavy atom. The van der Waals surface area contributed by atoms with Gasteiger partial charge in [0.15, 0.2) is 4.91 Å². The first-order valence-electron chi connectivity index (χ1n) is 4.98. The quantitative estimate of drug-likeness (QED) is 0.766. The molecule has 0 heterocycles. The van der Waals surface area contributed by atoms with Gasteiger partial charge in [-0.3, -0.25) is 0 Å². The second-order valence-electron chi connectivity index (χ2n) is 3.89. The van der Waals surface area contributed by atoms with Crippen LogP contribution in [0.25, 0.3) is 0 Å². The van der Waals surface area contributed by atoms with Crippen LogP contribution in [0.3, 0.4) is 0 Å². The molecule has 0 aliphatic rings. The molecule has 90 valence electrons. The van der Waals surface area contributed by atoms with E-state index in [9.17, 15) is 8.42 Å². The maximum Gasteiger partial charge on any atom is 0.218 e. The van der Waals surface area contributed by atoms with Gasteiger partial charge >= 0.3 is 0 Å². The third-order valence-corrected chi connectivity index (χ3v) is 3.77. The Morgan fingerprint density at radius 3 is 2.24 bits per heavy atom. The molecule has 0 aliphatic heterocycles. The van der Waals surface area contributed by atoms with E-state index in [4.69, 9.17) is 5.26 Å². The molecule has 4 nitrogen and oxygen atoms in total. The minimum Gasteiger partial charge on any atom is -0.382 e. The first-order chi connectivity index (χ1) is 7.87. The summed E-state index contributed by atoms with van der Waals surface area (Å²) < 4.78 is 24.2. The van der Waals surface area contributed by atoms with Crippen molar-refractivity contribution in [2.45, 2.75) is 11.8 Å². The van der Waals surface area contributed by atoms with E-state index < -0.39 is 9.84 Å². The molecule has 1 rings (SSSR count). The van der Waals surface area contributed by atoms with Crippen molar-refractivity contribution in [1.82, 2.24) is 4.90 Å². The second kappa shape index (κ2) is 5.02. The number of sulfone groups is 1. The lowest BCUT2D eigenvalue weighted by Gasteiger charge is -2.07. The average molecular weight is 250 g/mol. The van der Waals surface area contributed by atoms with E-state index in [-0.39, 0.29) is 9.80 Å². The molecule has 17 heavy (non-hydrogen) atoms. The zero-order valence-electron chi connectivity index (χ0n) is 10.0. The summed E-state index contributed by atoms with van der Waals surface area (Å²) in [5.74, 6) is 0. The lowest BCUT2D eigenvalue weighted by atomic mass is 10.2. The fraction of sp³-hybridized carbons (Fsp3) is 0.250. The number of nitriles is 1. The molecule has 0 bridgehead atoms. The normalized spacial score (nSPS) is 12.0. The lowest BCUT2D eigenvalue weighted by Crippen LogP contribution is -2.09. The largest absolute Gasteiger partial charge is 0.382 e. The molecule has 1 aromatic carbocycles. The van der Waals surface area contributed by atoms with Crippen molar-refractivity contribution in [3.8, 4) is 6.07 Å². The smallest absolute Gasteiger partial charge is 0.218 e. The Balaban J connectivity index is 3.29. The molecule has 0 unspecified atom stereocenters. The van der Waals surface area contributed by atoms with Gasteiger partial charge in [-0.05, 0) is 19.1 Å². The molecule has 0 N–H and O–H groups in total. The molecule has 0 radical (unpaired) electrons. The van der Waals surface area contributed by atoms with Crippen LogP contribution in [0.15, 0.2) is 40.3 Å². The highest BCUT2D eigenvalue weighted by molar-refractivity contribution is 7.95. The van der Waals surface area contributed by atoms with E-state index in [1.807, 2.05) is 6.92 Å². The van der Waals surface area contributed by atoms with Gasteiger partial charge in [-0.15, -0.1) is 0 Å². The number of hydrogen-bond acceptors (Lipinski definition) is 4. The number of aryl methyl sites for hydroxylation is 1. The first-order valence-corrected chi connectivity index (χ1v) is 6.46. The molecule has 1 aromatic rings. The number of rotatable bonds is 3. The summed E-state index contributed by atoms with van der Waals surface area (Å²) in [6, 6.07) is 8.14. The summed E-state index contributed by atoms with van der Waals surface area (Å²) in [7, 11) is -0.367. The Hall–Kier alpha value is -1.80. The van der Waals surface area contributed by atoms with Crippen LogP contribution >= 0.6 is 0 Å². The van der Waals surface area contributed by atoms with Crippen molar-refractivity contribution in [2.75, 3.05) is 14.1 Å². The van der Waals surface area contributed by atoms with Gasteiger partial charge in [0.1, 0.15) is 6.07 Å². The standard InChI is InChI=1S/C12H14N2O2S/c1-10-4-6-11(7-5-10)17(15,16)12(8-13)9-14(2)3/h4-7,9H,1-3H3/b12-9+. The van der Waals surface area contributed by atoms with Crippen LogP contribution in [0.4, 0.5) is 0 Å². The van der Waals surface area contributed by atoms with Gasteiger partial charge in [-0.1, -0.05) is 17.7 Å². The monoisotopic (exact) mass is 250 g/mol. The predicted molar refractivity (Wildman–Crippen MR) is 65.7 cm³/mol. The zero-order valence-corrected chi connectivity index (χ0v) is 10.8. The van der Waals surface area contributed by atoms with E-state index in [0.29, 0.717) is 0 Å². The van der Waals surface area contributed by atoms with Crippen molar-refractivity contribution in [3.63, 3.8) is 0 Å². The SMILES string of the molecule is Cc1ccc(S(=O)(=O)/C(C#N)=C/N(C)C)cc1. The lowest BCUT2D eigenvalue weighted by molar-refractivity contribution is 0.559. The fourth-order valence-electron chi connectivity index (χ4n) is 1.24. The highest BCUT2D eigenvalue weighted by Gasteiger charge is 2.20. The number of nitrogens with zero attached hydrogens (tertiary/aromatic N) is 2. The van der Waals surface area contributed by atoms with Crippen molar-refractivity contribution in [3.05, 3.63) is 40.9 Å². The van der Waals surface area contributed by atoms with Gasteiger partial charge in [0, 0.05) is 20.3 Å². The third kappa shape index (κ3) is 3.08. The van der Waals surface area contributed by atoms with Crippen LogP contribution in [-0.2, 0) is 9.84 Å². The van der Waals surface area contributed by atoms with Gasteiger partial charge in [0.05, 0.1) is 4.90 Å². The Labute approximate surface area is 102 Å². The van der Waals surface area contributed by atoms with Crippen molar-refractivity contribution in [2.24, 2.45) is 0 Å². The minimum atomic E-state index is -3.70. The minimum absolute atomic E-state index is 0.137. The topological polar surface area (TPSA) is 61.2 Å². The molecule has 0 saturated heterocycles. The number of allylic oxidation sites excluding steroid dienone is 1. The molecular formula is C12H14N2O2S. The van der Waals surface area contributed by atoms with Crippen LogP contribution in [0.1, 0.15) is 5.56 Å². The van der Waals surface area contributed by atoms with Gasteiger partial charge in [-0.25, -0.2) is 8.42 Å².